The maximum Gasteiger partial charge on any atom is 0.362 e. The van der Waals surface area contributed by atoms with Crippen LogP contribution in [0.15, 0.2) is 0 Å². The number of carboxylic acid groups (broad SMARTS) is 2. The molecule has 0 heterocycles. The third-order valence-corrected chi connectivity index (χ3v) is 8.70. The Balaban J connectivity index is 0. The summed E-state index contributed by atoms with van der Waals surface area (Å²) < 4.78 is 0.252. The Morgan fingerprint density at radius 2 is 0.956 bits per heavy atom. The van der Waals surface area contributed by atoms with Crippen LogP contribution in [0.5, 0.6) is 0 Å². The molecule has 0 aromatic rings. The number of nitrogens with zero attached hydrogens (tertiary/aromatic N) is 2. The lowest BCUT2D eigenvalue weighted by molar-refractivity contribution is -0.988. The minimum absolute atomic E-state index is 0.0694. The maximum absolute atomic E-state index is 12.3. The van der Waals surface area contributed by atoms with Gasteiger partial charge in [0.25, 0.3) is 0 Å². The molecule has 0 saturated carbocycles. The fraction of sp³-hybridized carbons (Fsp3) is 0.944. The van der Waals surface area contributed by atoms with Crippen molar-refractivity contribution in [3.8, 4) is 0 Å². The minimum atomic E-state index is -1.00. The Morgan fingerprint density at radius 3 is 1.20 bits per heavy atom. The normalized spacial score (nSPS) is 15.8. The molecule has 270 valence electrons. The zero-order valence-corrected chi connectivity index (χ0v) is 30.5. The largest absolute Gasteiger partial charge is 0.544 e. The highest BCUT2D eigenvalue weighted by Gasteiger charge is 2.47. The number of aliphatic carboxylic acids is 2. The molecule has 0 rings (SSSR count). The van der Waals surface area contributed by atoms with Gasteiger partial charge >= 0.3 is 5.97 Å². The lowest BCUT2D eigenvalue weighted by atomic mass is 9.99. The van der Waals surface area contributed by atoms with E-state index < -0.39 is 36.4 Å². The highest BCUT2D eigenvalue weighted by atomic mass is 16.4. The lowest BCUT2D eigenvalue weighted by Gasteiger charge is -2.47. The van der Waals surface area contributed by atoms with Gasteiger partial charge in [-0.3, -0.25) is 4.48 Å². The quantitative estimate of drug-likeness (QED) is 0.0470. The molecule has 9 heteroatoms. The predicted molar refractivity (Wildman–Crippen MR) is 182 cm³/mol. The van der Waals surface area contributed by atoms with E-state index in [0.29, 0.717) is 30.2 Å². The highest BCUT2D eigenvalue weighted by Crippen LogP contribution is 2.27. The van der Waals surface area contributed by atoms with Crippen LogP contribution in [0, 0.1) is 0 Å². The fourth-order valence-corrected chi connectivity index (χ4v) is 6.15. The lowest BCUT2D eigenvalue weighted by Crippen LogP contribution is -2.67. The van der Waals surface area contributed by atoms with Crippen molar-refractivity contribution in [2.45, 2.75) is 181 Å². The molecular weight excluding hydrogens is 572 g/mol. The van der Waals surface area contributed by atoms with Gasteiger partial charge in [0.2, 0.25) is 0 Å². The number of quaternary nitrogens is 2. The summed E-state index contributed by atoms with van der Waals surface area (Å²) in [6.45, 7) is 8.41. The molecule has 0 amide bonds. The average Bonchev–Trinajstić information content (AvgIpc) is 2.93. The Hall–Kier alpha value is -1.26. The van der Waals surface area contributed by atoms with Gasteiger partial charge in [0.05, 0.1) is 27.1 Å². The fourth-order valence-electron chi connectivity index (χ4n) is 6.15. The number of hydrogen-bond acceptors (Lipinski definition) is 6. The summed E-state index contributed by atoms with van der Waals surface area (Å²) in [6.07, 6.45) is 18.9. The van der Waals surface area contributed by atoms with Gasteiger partial charge in [-0.25, -0.2) is 4.79 Å². The van der Waals surface area contributed by atoms with Crippen molar-refractivity contribution in [1.29, 1.82) is 0 Å². The molecule has 9 nitrogen and oxygen atoms in total. The number of carboxylic acids is 2. The number of aliphatic hydroxyl groups is 3. The van der Waals surface area contributed by atoms with Crippen molar-refractivity contribution >= 4 is 11.9 Å². The average molecular weight is 648 g/mol. The van der Waals surface area contributed by atoms with E-state index in [1.54, 1.807) is 28.1 Å². The van der Waals surface area contributed by atoms with Gasteiger partial charge in [-0.2, -0.15) is 0 Å². The number of hydrogen-bond donors (Lipinski definition) is 4. The molecule has 45 heavy (non-hydrogen) atoms. The Kier molecular flexibility index (Phi) is 28.3. The number of aliphatic hydroxyl groups excluding tert-OH is 3. The van der Waals surface area contributed by atoms with Gasteiger partial charge in [-0.05, 0) is 19.3 Å². The molecule has 0 bridgehead atoms. The van der Waals surface area contributed by atoms with Crippen LogP contribution in [0.3, 0.4) is 0 Å². The summed E-state index contributed by atoms with van der Waals surface area (Å²) in [7, 11) is 5.40. The van der Waals surface area contributed by atoms with Crippen molar-refractivity contribution < 1.29 is 44.1 Å². The van der Waals surface area contributed by atoms with E-state index in [2.05, 4.69) is 13.8 Å². The van der Waals surface area contributed by atoms with Crippen LogP contribution in [0.1, 0.15) is 156 Å². The third-order valence-electron chi connectivity index (χ3n) is 8.70. The third kappa shape index (κ3) is 25.5. The molecule has 4 N–H and O–H groups in total. The molecule has 0 spiro atoms. The highest BCUT2D eigenvalue weighted by molar-refractivity contribution is 5.72. The van der Waals surface area contributed by atoms with Gasteiger partial charge in [0.1, 0.15) is 31.8 Å². The summed E-state index contributed by atoms with van der Waals surface area (Å²) in [5, 5.41) is 52.8. The molecule has 0 saturated heterocycles. The van der Waals surface area contributed by atoms with Crippen LogP contribution >= 0.6 is 0 Å². The van der Waals surface area contributed by atoms with E-state index in [0.717, 1.165) is 38.5 Å². The molecule has 0 aliphatic rings. The smallest absolute Gasteiger partial charge is 0.362 e. The van der Waals surface area contributed by atoms with Crippen LogP contribution in [0.4, 0.5) is 0 Å². The van der Waals surface area contributed by atoms with Crippen LogP contribution in [-0.4, -0.2) is 107 Å². The van der Waals surface area contributed by atoms with E-state index in [4.69, 9.17) is 0 Å². The first-order chi connectivity index (χ1) is 21.2. The predicted octanol–water partition coefficient (Wildman–Crippen LogP) is 5.62. The Bertz CT molecular complexity index is 684. The monoisotopic (exact) mass is 648 g/mol. The summed E-state index contributed by atoms with van der Waals surface area (Å²) in [6, 6.07) is -0.841. The maximum atomic E-state index is 12.3. The van der Waals surface area contributed by atoms with E-state index in [-0.39, 0.29) is 24.1 Å². The second-order valence-corrected chi connectivity index (χ2v) is 14.4. The van der Waals surface area contributed by atoms with Crippen molar-refractivity contribution in [3.05, 3.63) is 0 Å². The second kappa shape index (κ2) is 27.8. The van der Waals surface area contributed by atoms with Gasteiger partial charge in [0.15, 0.2) is 12.3 Å². The van der Waals surface area contributed by atoms with E-state index >= 15 is 0 Å². The molecule has 4 unspecified atom stereocenters. The summed E-state index contributed by atoms with van der Waals surface area (Å²) >= 11 is 0. The van der Waals surface area contributed by atoms with Crippen molar-refractivity contribution in [1.82, 2.24) is 0 Å². The molecular formula is C36H75N2O7+. The summed E-state index contributed by atoms with van der Waals surface area (Å²) in [5.41, 5.74) is 0. The Morgan fingerprint density at radius 1 is 0.600 bits per heavy atom. The molecule has 0 aromatic carbocycles. The van der Waals surface area contributed by atoms with Crippen LogP contribution in [0.2, 0.25) is 0 Å². The van der Waals surface area contributed by atoms with Crippen LogP contribution in [-0.2, 0) is 9.59 Å². The number of unbranched alkanes of at least 4 members (excludes halogenated alkanes) is 14. The van der Waals surface area contributed by atoms with Crippen molar-refractivity contribution in [2.75, 3.05) is 40.8 Å². The second-order valence-electron chi connectivity index (χ2n) is 14.4. The number of likely N-dealkylation sites (N-methyl/N-ethyl adjacent to an activating group) is 1. The molecule has 4 atom stereocenters. The van der Waals surface area contributed by atoms with Gasteiger partial charge < -0.3 is 34.8 Å². The standard InChI is InChI=1S/C31H63NO5.C5H11NO2/c1-5-8-10-12-14-16-18-20-23-28(34)25-32(27(4)33,30(22-7-3)31(36)37)26-29(35)24-21-19-17-15-13-11-9-6-2;1-6(2,3)4-5(7)8/h27-30,33-35H,5-26H2,1-4H3;4H2,1-3H3/p+1. The zero-order valence-electron chi connectivity index (χ0n) is 30.5. The van der Waals surface area contributed by atoms with Crippen molar-refractivity contribution in [3.63, 3.8) is 0 Å². The summed E-state index contributed by atoms with van der Waals surface area (Å²) in [5.74, 6) is -1.96. The number of rotatable bonds is 29. The first-order valence-electron chi connectivity index (χ1n) is 18.3. The van der Waals surface area contributed by atoms with E-state index in [1.807, 2.05) is 6.92 Å². The Labute approximate surface area is 277 Å². The minimum Gasteiger partial charge on any atom is -0.544 e. The van der Waals surface area contributed by atoms with Gasteiger partial charge in [-0.15, -0.1) is 0 Å². The zero-order chi connectivity index (χ0) is 34.7. The molecule has 0 aromatic heterocycles. The summed E-state index contributed by atoms with van der Waals surface area (Å²) in [4.78, 5) is 22.2. The van der Waals surface area contributed by atoms with E-state index in [1.165, 1.54) is 64.2 Å². The van der Waals surface area contributed by atoms with E-state index in [9.17, 15) is 35.1 Å². The van der Waals surface area contributed by atoms with Crippen LogP contribution in [0.25, 0.3) is 0 Å². The first-order valence-corrected chi connectivity index (χ1v) is 18.3. The first kappa shape index (κ1) is 45.9. The molecule has 0 radical (unpaired) electrons. The topological polar surface area (TPSA) is 138 Å². The molecule has 0 fully saturated rings. The van der Waals surface area contributed by atoms with Gasteiger partial charge in [-0.1, -0.05) is 124 Å². The molecule has 0 aliphatic heterocycles. The van der Waals surface area contributed by atoms with Crippen LogP contribution < -0.4 is 5.11 Å². The van der Waals surface area contributed by atoms with Gasteiger partial charge in [0, 0.05) is 13.3 Å². The molecule has 0 aliphatic carbocycles. The van der Waals surface area contributed by atoms with Crippen molar-refractivity contribution in [2.24, 2.45) is 0 Å². The number of carbonyl (C=O) groups is 2. The number of carbonyl (C=O) groups excluding carboxylic acids is 1. The SMILES string of the molecule is CCCCCCCCCCC(O)C[N+](CC(O)CCCCCCCCCC)(C(C)O)C(CCC)C(=O)O.C[N+](C)(C)CC(=O)[O-].